The third-order valence-electron chi connectivity index (χ3n) is 5.10. The number of aryl methyl sites for hydroxylation is 2. The zero-order valence-corrected chi connectivity index (χ0v) is 20.7. The highest BCUT2D eigenvalue weighted by molar-refractivity contribution is 7.93. The number of sulfonamides is 2. The fourth-order valence-corrected chi connectivity index (χ4v) is 5.92. The minimum Gasteiger partial charge on any atom is -0.478 e. The molecular weight excluding hydrogens is 532 g/mol. The van der Waals surface area contributed by atoms with Gasteiger partial charge in [-0.15, -0.1) is 0 Å². The second-order valence-electron chi connectivity index (χ2n) is 7.69. The number of benzene rings is 3. The van der Waals surface area contributed by atoms with Crippen LogP contribution in [-0.2, 0) is 20.0 Å². The molecule has 3 aromatic carbocycles. The number of anilines is 2. The summed E-state index contributed by atoms with van der Waals surface area (Å²) in [6, 6.07) is 9.10. The molecule has 0 radical (unpaired) electrons. The first kappa shape index (κ1) is 27.0. The molecule has 0 aromatic heterocycles. The van der Waals surface area contributed by atoms with Gasteiger partial charge < -0.3 is 5.11 Å². The Morgan fingerprint density at radius 3 is 1.57 bits per heavy atom. The molecule has 3 N–H and O–H groups in total. The summed E-state index contributed by atoms with van der Waals surface area (Å²) >= 11 is 0. The van der Waals surface area contributed by atoms with E-state index in [0.29, 0.717) is 0 Å². The Bertz CT molecular complexity index is 1670. The van der Waals surface area contributed by atoms with E-state index in [1.165, 1.54) is 26.0 Å². The van der Waals surface area contributed by atoms with Crippen LogP contribution >= 0.6 is 0 Å². The molecule has 0 spiro atoms. The predicted molar refractivity (Wildman–Crippen MR) is 131 cm³/mol. The summed E-state index contributed by atoms with van der Waals surface area (Å²) in [4.78, 5) is 31.1. The zero-order chi connectivity index (χ0) is 27.7. The minimum atomic E-state index is -4.58. The van der Waals surface area contributed by atoms with E-state index < -0.39 is 74.0 Å². The molecule has 0 saturated heterocycles. The van der Waals surface area contributed by atoms with Crippen molar-refractivity contribution in [1.29, 1.82) is 0 Å². The van der Waals surface area contributed by atoms with E-state index in [9.17, 15) is 47.0 Å². The van der Waals surface area contributed by atoms with Gasteiger partial charge in [0.1, 0.15) is 0 Å². The molecule has 0 heterocycles. The van der Waals surface area contributed by atoms with Crippen molar-refractivity contribution in [2.45, 2.75) is 23.6 Å². The lowest BCUT2D eigenvalue weighted by molar-refractivity contribution is -0.385. The first-order valence-electron chi connectivity index (χ1n) is 10.1. The SMILES string of the molecule is Cc1ccc([N+](=O)[O-])cc1S(=O)(=O)Nc1ccc(C(=O)O)cc1NS(=O)(=O)c1cc([N+](=O)[O-])ccc1C. The molecular formula is C21H18N4O10S2. The molecule has 14 nitrogen and oxygen atoms in total. The maximum absolute atomic E-state index is 13.1. The third kappa shape index (κ3) is 5.81. The van der Waals surface area contributed by atoms with Crippen LogP contribution in [0.15, 0.2) is 64.4 Å². The molecule has 0 aliphatic carbocycles. The van der Waals surface area contributed by atoms with Gasteiger partial charge in [-0.05, 0) is 43.2 Å². The Hall–Kier alpha value is -4.57. The summed E-state index contributed by atoms with van der Waals surface area (Å²) < 4.78 is 56.6. The highest BCUT2D eigenvalue weighted by Gasteiger charge is 2.26. The van der Waals surface area contributed by atoms with E-state index in [2.05, 4.69) is 9.44 Å². The Kier molecular flexibility index (Phi) is 7.18. The van der Waals surface area contributed by atoms with Crippen molar-refractivity contribution < 1.29 is 36.6 Å². The Morgan fingerprint density at radius 1 is 0.730 bits per heavy atom. The number of nitrogens with one attached hydrogen (secondary N) is 2. The summed E-state index contributed by atoms with van der Waals surface area (Å²) in [7, 11) is -9.11. The molecule has 3 rings (SSSR count). The monoisotopic (exact) mass is 550 g/mol. The molecule has 0 atom stereocenters. The Labute approximate surface area is 210 Å². The van der Waals surface area contributed by atoms with Gasteiger partial charge in [-0.1, -0.05) is 12.1 Å². The second kappa shape index (κ2) is 9.82. The van der Waals surface area contributed by atoms with Gasteiger partial charge in [0, 0.05) is 24.3 Å². The van der Waals surface area contributed by atoms with Crippen LogP contribution in [0.25, 0.3) is 0 Å². The maximum atomic E-state index is 13.1. The summed E-state index contributed by atoms with van der Waals surface area (Å²) in [5.74, 6) is -1.45. The molecule has 0 amide bonds. The summed E-state index contributed by atoms with van der Waals surface area (Å²) in [6.07, 6.45) is 0. The van der Waals surface area contributed by atoms with Crippen LogP contribution in [-0.4, -0.2) is 37.8 Å². The van der Waals surface area contributed by atoms with Crippen molar-refractivity contribution in [3.8, 4) is 0 Å². The molecule has 16 heteroatoms. The van der Waals surface area contributed by atoms with E-state index in [4.69, 9.17) is 0 Å². The Morgan fingerprint density at radius 2 is 1.16 bits per heavy atom. The number of carboxylic acid groups (broad SMARTS) is 1. The number of aromatic carboxylic acids is 1. The van der Waals surface area contributed by atoms with Gasteiger partial charge >= 0.3 is 5.97 Å². The van der Waals surface area contributed by atoms with Crippen LogP contribution < -0.4 is 9.44 Å². The van der Waals surface area contributed by atoms with Crippen molar-refractivity contribution in [2.75, 3.05) is 9.44 Å². The third-order valence-corrected chi connectivity index (χ3v) is 8.11. The van der Waals surface area contributed by atoms with Gasteiger partial charge in [-0.3, -0.25) is 29.7 Å². The Balaban J connectivity index is 2.12. The second-order valence-corrected chi connectivity index (χ2v) is 11.0. The molecule has 0 aliphatic heterocycles. The highest BCUT2D eigenvalue weighted by atomic mass is 32.2. The van der Waals surface area contributed by atoms with E-state index in [1.807, 2.05) is 0 Å². The maximum Gasteiger partial charge on any atom is 0.335 e. The van der Waals surface area contributed by atoms with Crippen LogP contribution in [0.2, 0.25) is 0 Å². The van der Waals surface area contributed by atoms with Gasteiger partial charge in [0.15, 0.2) is 0 Å². The van der Waals surface area contributed by atoms with Crippen molar-refractivity contribution in [3.63, 3.8) is 0 Å². The average molecular weight is 551 g/mol. The molecule has 37 heavy (non-hydrogen) atoms. The molecule has 0 fully saturated rings. The van der Waals surface area contributed by atoms with Crippen LogP contribution in [0.5, 0.6) is 0 Å². The lowest BCUT2D eigenvalue weighted by Gasteiger charge is -2.17. The van der Waals surface area contributed by atoms with Crippen molar-refractivity contribution >= 4 is 48.8 Å². The van der Waals surface area contributed by atoms with Gasteiger partial charge in [0.2, 0.25) is 0 Å². The number of carbonyl (C=O) groups is 1. The van der Waals surface area contributed by atoms with Gasteiger partial charge in [0.05, 0.1) is 36.6 Å². The number of carboxylic acids is 1. The molecule has 0 saturated carbocycles. The predicted octanol–water partition coefficient (Wildman–Crippen LogP) is 3.42. The normalized spacial score (nSPS) is 11.5. The largest absolute Gasteiger partial charge is 0.478 e. The van der Waals surface area contributed by atoms with Crippen LogP contribution in [0.4, 0.5) is 22.7 Å². The molecule has 0 unspecified atom stereocenters. The number of nitro benzene ring substituents is 2. The summed E-state index contributed by atoms with van der Waals surface area (Å²) in [5.41, 5.74) is -2.05. The fourth-order valence-electron chi connectivity index (χ4n) is 3.23. The molecule has 3 aromatic rings. The van der Waals surface area contributed by atoms with E-state index >= 15 is 0 Å². The minimum absolute atomic E-state index is 0.127. The standard InChI is InChI=1S/C21H18N4O10S2/c1-12-3-6-15(24(28)29)10-19(12)36(32,33)22-17-8-5-14(21(26)27)9-18(17)23-37(34,35)20-11-16(25(30)31)7-4-13(20)2/h3-11,22-23H,1-2H3,(H,26,27). The quantitative estimate of drug-likeness (QED) is 0.260. The van der Waals surface area contributed by atoms with Crippen molar-refractivity contribution in [1.82, 2.24) is 0 Å². The lowest BCUT2D eigenvalue weighted by Crippen LogP contribution is -2.19. The van der Waals surface area contributed by atoms with E-state index in [-0.39, 0.29) is 11.1 Å². The number of non-ortho nitro benzene ring substituents is 2. The number of nitrogens with zero attached hydrogens (tertiary/aromatic N) is 2. The fraction of sp³-hybridized carbons (Fsp3) is 0.0952. The molecule has 0 bridgehead atoms. The summed E-state index contributed by atoms with van der Waals surface area (Å²) in [6.45, 7) is 2.77. The van der Waals surface area contributed by atoms with Crippen molar-refractivity contribution in [3.05, 3.63) is 91.5 Å². The number of rotatable bonds is 9. The first-order chi connectivity index (χ1) is 17.1. The molecule has 0 aliphatic rings. The number of hydrogen-bond donors (Lipinski definition) is 3. The molecule has 194 valence electrons. The summed E-state index contributed by atoms with van der Waals surface area (Å²) in [5, 5.41) is 31.6. The van der Waals surface area contributed by atoms with E-state index in [1.54, 1.807) is 0 Å². The van der Waals surface area contributed by atoms with Gasteiger partial charge in [-0.25, -0.2) is 21.6 Å². The van der Waals surface area contributed by atoms with Gasteiger partial charge in [0.25, 0.3) is 31.4 Å². The topological polar surface area (TPSA) is 216 Å². The highest BCUT2D eigenvalue weighted by Crippen LogP contribution is 2.31. The number of hydrogen-bond acceptors (Lipinski definition) is 9. The van der Waals surface area contributed by atoms with Crippen LogP contribution in [0.1, 0.15) is 21.5 Å². The van der Waals surface area contributed by atoms with Crippen LogP contribution in [0, 0.1) is 34.1 Å². The lowest BCUT2D eigenvalue weighted by atomic mass is 10.2. The smallest absolute Gasteiger partial charge is 0.335 e. The zero-order valence-electron chi connectivity index (χ0n) is 19.0. The van der Waals surface area contributed by atoms with E-state index in [0.717, 1.165) is 42.5 Å². The first-order valence-corrected chi connectivity index (χ1v) is 13.0. The van der Waals surface area contributed by atoms with Gasteiger partial charge in [-0.2, -0.15) is 0 Å². The van der Waals surface area contributed by atoms with Crippen molar-refractivity contribution in [2.24, 2.45) is 0 Å². The van der Waals surface area contributed by atoms with Crippen LogP contribution in [0.3, 0.4) is 0 Å². The number of nitro groups is 2. The average Bonchev–Trinajstić information content (AvgIpc) is 2.79.